The molecule has 2 amide bonds. The van der Waals surface area contributed by atoms with Crippen LogP contribution in [0.25, 0.3) is 0 Å². The molecule has 3 fully saturated rings. The van der Waals surface area contributed by atoms with Gasteiger partial charge >= 0.3 is 6.16 Å². The molecular weight excluding hydrogens is 412 g/mol. The largest absolute Gasteiger partial charge is 0.512 e. The van der Waals surface area contributed by atoms with Crippen molar-refractivity contribution in [3.63, 3.8) is 0 Å². The molecule has 5 N–H and O–H groups in total. The van der Waals surface area contributed by atoms with Gasteiger partial charge in [0.1, 0.15) is 0 Å². The number of β-lactam (4-membered cyclic amide) rings is 1. The molecule has 4 heterocycles. The molecule has 7 atom stereocenters. The number of rotatable bonds is 5. The fraction of sp³-hybridized carbons (Fsp3) is 0.737. The highest BCUT2D eigenvalue weighted by molar-refractivity contribution is 8.03. The lowest BCUT2D eigenvalue weighted by atomic mass is 9.79. The van der Waals surface area contributed by atoms with E-state index in [2.05, 4.69) is 5.32 Å². The van der Waals surface area contributed by atoms with Gasteiger partial charge in [0, 0.05) is 36.8 Å². The molecular formula is C19H28N4O6S. The van der Waals surface area contributed by atoms with E-state index >= 15 is 0 Å². The predicted octanol–water partition coefficient (Wildman–Crippen LogP) is -0.269. The number of carbonyl (C=O) groups excluding carboxylic acids is 2. The molecule has 11 heteroatoms. The average molecular weight is 441 g/mol. The smallest absolute Gasteiger partial charge is 0.449 e. The molecule has 30 heavy (non-hydrogen) atoms. The van der Waals surface area contributed by atoms with Gasteiger partial charge in [-0.25, -0.2) is 4.79 Å². The number of hydrogen-bond acceptors (Lipinski definition) is 8. The minimum atomic E-state index is -1.48. The Morgan fingerprint density at radius 2 is 2.13 bits per heavy atom. The molecule has 0 bridgehead atoms. The number of nitrogens with zero attached hydrogens (tertiary/aromatic N) is 2. The molecule has 10 nitrogen and oxygen atoms in total. The van der Waals surface area contributed by atoms with Crippen LogP contribution in [0.1, 0.15) is 26.7 Å². The molecule has 0 aliphatic carbocycles. The second kappa shape index (κ2) is 8.03. The summed E-state index contributed by atoms with van der Waals surface area (Å²) in [5.41, 5.74) is 5.91. The highest BCUT2D eigenvalue weighted by atomic mass is 32.2. The Balaban J connectivity index is 1.46. The standard InChI is InChI=1S/C19H28N4O6S/c1-8-14-13(9(2)24)17(26)23(14)18(29-19(27)28)15(8)30-11-5-12(21-6-11)16(25)22-4-3-10(20)7-22/h8-14,21,24H,3-7,20H2,1-2H3,(H,27,28)/t8?,9?,10?,11?,12?,13?,14-/m0/s1. The first-order valence-corrected chi connectivity index (χ1v) is 11.2. The van der Waals surface area contributed by atoms with Crippen LogP contribution in [0.4, 0.5) is 4.79 Å². The highest BCUT2D eigenvalue weighted by Crippen LogP contribution is 2.52. The maximum Gasteiger partial charge on any atom is 0.512 e. The first-order valence-electron chi connectivity index (χ1n) is 10.3. The van der Waals surface area contributed by atoms with Crippen molar-refractivity contribution >= 4 is 29.7 Å². The number of aliphatic hydroxyl groups excluding tert-OH is 1. The van der Waals surface area contributed by atoms with Gasteiger partial charge in [-0.3, -0.25) is 14.5 Å². The van der Waals surface area contributed by atoms with E-state index in [0.29, 0.717) is 31.0 Å². The van der Waals surface area contributed by atoms with Crippen LogP contribution >= 0.6 is 11.8 Å². The number of ether oxygens (including phenoxy) is 1. The number of likely N-dealkylation sites (tertiary alicyclic amines) is 1. The zero-order chi connectivity index (χ0) is 21.7. The number of thioether (sulfide) groups is 1. The Hall–Kier alpha value is -1.82. The monoisotopic (exact) mass is 440 g/mol. The Morgan fingerprint density at radius 1 is 1.40 bits per heavy atom. The van der Waals surface area contributed by atoms with Crippen LogP contribution < -0.4 is 11.1 Å². The third kappa shape index (κ3) is 3.57. The van der Waals surface area contributed by atoms with Crippen LogP contribution in [0.15, 0.2) is 10.8 Å². The Morgan fingerprint density at radius 3 is 2.73 bits per heavy atom. The molecule has 166 valence electrons. The topological polar surface area (TPSA) is 145 Å². The molecule has 0 aromatic carbocycles. The van der Waals surface area contributed by atoms with E-state index in [1.54, 1.807) is 11.8 Å². The van der Waals surface area contributed by atoms with Crippen molar-refractivity contribution in [2.24, 2.45) is 17.6 Å². The summed E-state index contributed by atoms with van der Waals surface area (Å²) in [6.45, 7) is 5.32. The van der Waals surface area contributed by atoms with Gasteiger partial charge in [0.15, 0.2) is 0 Å². The molecule has 0 spiro atoms. The Kier molecular flexibility index (Phi) is 5.73. The molecule has 6 unspecified atom stereocenters. The molecule has 0 saturated carbocycles. The lowest BCUT2D eigenvalue weighted by Crippen LogP contribution is -2.63. The molecule has 0 aromatic rings. The van der Waals surface area contributed by atoms with Gasteiger partial charge in [-0.15, -0.1) is 11.8 Å². The normalized spacial score (nSPS) is 36.7. The summed E-state index contributed by atoms with van der Waals surface area (Å²) in [7, 11) is 0. The minimum absolute atomic E-state index is 0.0321. The van der Waals surface area contributed by atoms with Crippen LogP contribution in [0.3, 0.4) is 0 Å². The second-order valence-electron chi connectivity index (χ2n) is 8.56. The Labute approximate surface area is 178 Å². The molecule has 3 saturated heterocycles. The molecule has 4 rings (SSSR count). The lowest BCUT2D eigenvalue weighted by molar-refractivity contribution is -0.163. The fourth-order valence-corrected chi connectivity index (χ4v) is 6.39. The van der Waals surface area contributed by atoms with Crippen LogP contribution in [0.5, 0.6) is 0 Å². The number of fused-ring (bicyclic) bond motifs is 1. The number of hydrogen-bond donors (Lipinski definition) is 4. The average Bonchev–Trinajstić information content (AvgIpc) is 3.34. The number of amides is 2. The lowest BCUT2D eigenvalue weighted by Gasteiger charge is -2.45. The number of nitrogens with one attached hydrogen (secondary N) is 1. The summed E-state index contributed by atoms with van der Waals surface area (Å²) in [6, 6.07) is -0.574. The number of aliphatic hydroxyl groups is 1. The summed E-state index contributed by atoms with van der Waals surface area (Å²) in [4.78, 5) is 40.3. The van der Waals surface area contributed by atoms with Crippen molar-refractivity contribution in [3.8, 4) is 0 Å². The SMILES string of the molecule is CC(O)C1C(=O)N2C(OC(=O)O)=C(SC3CNC(C(=O)N4CCC(N)C4)C3)C(C)[C@@H]12. The van der Waals surface area contributed by atoms with Gasteiger partial charge in [-0.1, -0.05) is 6.92 Å². The van der Waals surface area contributed by atoms with Crippen molar-refractivity contribution in [2.75, 3.05) is 19.6 Å². The van der Waals surface area contributed by atoms with Crippen molar-refractivity contribution in [1.29, 1.82) is 0 Å². The van der Waals surface area contributed by atoms with Crippen molar-refractivity contribution < 1.29 is 29.3 Å². The van der Waals surface area contributed by atoms with Crippen molar-refractivity contribution in [2.45, 2.75) is 56.2 Å². The van der Waals surface area contributed by atoms with E-state index in [1.807, 2.05) is 6.92 Å². The zero-order valence-corrected chi connectivity index (χ0v) is 17.8. The van der Waals surface area contributed by atoms with Gasteiger partial charge in [-0.2, -0.15) is 0 Å². The fourth-order valence-electron chi connectivity index (χ4n) is 4.97. The molecule has 0 aromatic heterocycles. The van der Waals surface area contributed by atoms with Crippen LogP contribution in [-0.4, -0.2) is 87.1 Å². The van der Waals surface area contributed by atoms with Gasteiger partial charge < -0.3 is 30.9 Å². The number of nitrogens with two attached hydrogens (primary N) is 1. The van der Waals surface area contributed by atoms with E-state index < -0.39 is 18.2 Å². The third-order valence-electron chi connectivity index (χ3n) is 6.47. The van der Waals surface area contributed by atoms with Gasteiger partial charge in [0.2, 0.25) is 17.7 Å². The van der Waals surface area contributed by atoms with Crippen LogP contribution in [0, 0.1) is 11.8 Å². The summed E-state index contributed by atoms with van der Waals surface area (Å²) in [5, 5.41) is 22.4. The maximum absolute atomic E-state index is 12.7. The number of carbonyl (C=O) groups is 3. The van der Waals surface area contributed by atoms with Gasteiger partial charge in [0.05, 0.1) is 29.0 Å². The summed E-state index contributed by atoms with van der Waals surface area (Å²) in [6.07, 6.45) is -0.887. The quantitative estimate of drug-likeness (QED) is 0.335. The second-order valence-corrected chi connectivity index (χ2v) is 9.90. The number of carboxylic acid groups (broad SMARTS) is 1. The van der Waals surface area contributed by atoms with E-state index in [1.165, 1.54) is 16.7 Å². The maximum atomic E-state index is 12.7. The third-order valence-corrected chi connectivity index (χ3v) is 7.96. The molecule has 0 radical (unpaired) electrons. The van der Waals surface area contributed by atoms with Crippen LogP contribution in [0.2, 0.25) is 0 Å². The van der Waals surface area contributed by atoms with Crippen molar-refractivity contribution in [1.82, 2.24) is 15.1 Å². The minimum Gasteiger partial charge on any atom is -0.449 e. The van der Waals surface area contributed by atoms with Gasteiger partial charge in [0.25, 0.3) is 0 Å². The molecule has 4 aliphatic heterocycles. The van der Waals surface area contributed by atoms with Gasteiger partial charge in [-0.05, 0) is 19.8 Å². The predicted molar refractivity (Wildman–Crippen MR) is 108 cm³/mol. The first kappa shape index (κ1) is 21.4. The summed E-state index contributed by atoms with van der Waals surface area (Å²) in [5.74, 6) is -0.951. The summed E-state index contributed by atoms with van der Waals surface area (Å²) >= 11 is 1.46. The van der Waals surface area contributed by atoms with Crippen molar-refractivity contribution in [3.05, 3.63) is 10.8 Å². The Bertz CT molecular complexity index is 789. The van der Waals surface area contributed by atoms with E-state index in [-0.39, 0.29) is 47.0 Å². The first-order chi connectivity index (χ1) is 14.2. The van der Waals surface area contributed by atoms with Crippen LogP contribution in [-0.2, 0) is 14.3 Å². The van der Waals surface area contributed by atoms with E-state index in [0.717, 1.165) is 6.42 Å². The summed E-state index contributed by atoms with van der Waals surface area (Å²) < 4.78 is 4.99. The van der Waals surface area contributed by atoms with E-state index in [4.69, 9.17) is 15.6 Å². The van der Waals surface area contributed by atoms with E-state index in [9.17, 15) is 19.5 Å². The zero-order valence-electron chi connectivity index (χ0n) is 17.0. The molecule has 4 aliphatic rings. The highest BCUT2D eigenvalue weighted by Gasteiger charge is 2.60.